The Labute approximate surface area is 745 Å². The zero-order chi connectivity index (χ0) is 86.0. The van der Waals surface area contributed by atoms with E-state index in [1.807, 2.05) is 0 Å². The van der Waals surface area contributed by atoms with E-state index in [9.17, 15) is 10.2 Å². The molecule has 1 aliphatic carbocycles. The molecular formula is C108H217NO10. The Kier molecular flexibility index (Phi) is 89.0. The molecule has 11 heteroatoms. The lowest BCUT2D eigenvalue weighted by atomic mass is 9.90. The van der Waals surface area contributed by atoms with Crippen molar-refractivity contribution in [3.8, 4) is 0 Å². The Balaban J connectivity index is 4.93. The van der Waals surface area contributed by atoms with Crippen LogP contribution in [0.4, 0.5) is 0 Å². The molecule has 0 spiro atoms. The Hall–Kier alpha value is -0.440. The maximum Gasteiger partial charge on any atom is 0.294 e. The van der Waals surface area contributed by atoms with E-state index in [0.29, 0.717) is 52.9 Å². The Morgan fingerprint density at radius 3 is 0.437 bits per heavy atom. The Bertz CT molecular complexity index is 1690. The van der Waals surface area contributed by atoms with Crippen molar-refractivity contribution in [1.29, 1.82) is 0 Å². The van der Waals surface area contributed by atoms with E-state index in [-0.39, 0.29) is 6.04 Å². The lowest BCUT2D eigenvalue weighted by Crippen LogP contribution is -2.83. The lowest BCUT2D eigenvalue weighted by molar-refractivity contribution is -0.551. The molecule has 0 saturated heterocycles. The predicted molar refractivity (Wildman–Crippen MR) is 516 cm³/mol. The van der Waals surface area contributed by atoms with Gasteiger partial charge in [-0.1, -0.05) is 537 Å². The van der Waals surface area contributed by atoms with Crippen LogP contribution in [0.1, 0.15) is 601 Å². The number of nitrogens with zero attached hydrogens (tertiary/aromatic N) is 1. The van der Waals surface area contributed by atoms with Crippen molar-refractivity contribution in [2.75, 3.05) is 66.1 Å². The molecule has 119 heavy (non-hydrogen) atoms. The molecule has 0 amide bonds. The number of aliphatic hydroxyl groups excluding tert-OH is 2. The van der Waals surface area contributed by atoms with Crippen LogP contribution in [0.15, 0.2) is 0 Å². The van der Waals surface area contributed by atoms with E-state index < -0.39 is 36.6 Å². The molecule has 0 unspecified atom stereocenters. The minimum absolute atomic E-state index is 0.301. The number of ether oxygens (including phenoxy) is 8. The number of unbranched alkanes of at least 4 members (excludes halogenated alkanes) is 72. The topological polar surface area (TPSA) is 118 Å². The second kappa shape index (κ2) is 90.9. The third-order valence-electron chi connectivity index (χ3n) is 26.5. The molecule has 1 fully saturated rings. The van der Waals surface area contributed by atoms with Crippen LogP contribution in [-0.4, -0.2) is 111 Å². The van der Waals surface area contributed by atoms with Gasteiger partial charge in [-0.05, 0) is 64.2 Å². The van der Waals surface area contributed by atoms with Crippen LogP contribution in [0.5, 0.6) is 0 Å². The van der Waals surface area contributed by atoms with Crippen LogP contribution in [0.3, 0.4) is 0 Å². The van der Waals surface area contributed by atoms with Crippen molar-refractivity contribution in [2.45, 2.75) is 631 Å². The van der Waals surface area contributed by atoms with Crippen molar-refractivity contribution in [2.24, 2.45) is 0 Å². The Morgan fingerprint density at radius 1 is 0.176 bits per heavy atom. The molecule has 1 aliphatic rings. The minimum atomic E-state index is -1.99. The fraction of sp³-hybridized carbons (Fsp3) is 1.00. The average Bonchev–Trinajstić information content (AvgIpc) is 0.701. The van der Waals surface area contributed by atoms with Crippen molar-refractivity contribution >= 4 is 0 Å². The van der Waals surface area contributed by atoms with Crippen LogP contribution in [-0.2, 0) is 37.9 Å². The summed E-state index contributed by atoms with van der Waals surface area (Å²) >= 11 is 0. The highest BCUT2D eigenvalue weighted by Crippen LogP contribution is 2.51. The first kappa shape index (κ1) is 117. The maximum absolute atomic E-state index is 13.5. The molecule has 0 bridgehead atoms. The fourth-order valence-electron chi connectivity index (χ4n) is 18.5. The molecule has 11 nitrogen and oxygen atoms in total. The largest absolute Gasteiger partial charge is 0.390 e. The molecule has 0 aromatic heterocycles. The normalized spacial score (nSPS) is 13.4. The summed E-state index contributed by atoms with van der Waals surface area (Å²) in [5.74, 6) is -7.78. The third-order valence-corrected chi connectivity index (χ3v) is 26.5. The van der Waals surface area contributed by atoms with Crippen LogP contribution < -0.4 is 0 Å². The molecule has 2 N–H and O–H groups in total. The van der Waals surface area contributed by atoms with E-state index in [0.717, 1.165) is 186 Å². The van der Waals surface area contributed by atoms with Gasteiger partial charge in [0.2, 0.25) is 0 Å². The fourth-order valence-corrected chi connectivity index (χ4v) is 18.5. The minimum Gasteiger partial charge on any atom is -0.390 e. The quantitative estimate of drug-likeness (QED) is 0.0448. The van der Waals surface area contributed by atoms with Gasteiger partial charge in [-0.25, -0.2) is 0 Å². The van der Waals surface area contributed by atoms with Gasteiger partial charge in [-0.3, -0.25) is 0 Å². The third kappa shape index (κ3) is 61.7. The van der Waals surface area contributed by atoms with Crippen molar-refractivity contribution in [3.05, 3.63) is 0 Å². The number of hydrogen-bond acceptors (Lipinski definition) is 11. The second-order valence-corrected chi connectivity index (χ2v) is 37.9. The van der Waals surface area contributed by atoms with Crippen LogP contribution >= 0.6 is 0 Å². The maximum atomic E-state index is 13.5. The van der Waals surface area contributed by atoms with Crippen LogP contribution in [0.25, 0.3) is 0 Å². The first-order chi connectivity index (χ1) is 58.8. The SMILES string of the molecule is CCCCCCCCCCCCOC(CO)(OCCCCCCCCCCCC)C(OCCCCCCCCCCCC)(OCCCCCCCCCCCC)N(C1CCCCC1)C(OCCCCCCCCCCCC)(OCCCCCCCCCCCC)C(CO)(OCCCCCCCCCCCC)OCCCCCCCCCCCC. The summed E-state index contributed by atoms with van der Waals surface area (Å²) in [4.78, 5) is 2.35. The second-order valence-electron chi connectivity index (χ2n) is 37.9. The number of hydrogen-bond donors (Lipinski definition) is 2. The zero-order valence-corrected chi connectivity index (χ0v) is 82.4. The van der Waals surface area contributed by atoms with E-state index in [1.165, 1.54) is 360 Å². The van der Waals surface area contributed by atoms with Gasteiger partial charge in [0.15, 0.2) is 0 Å². The van der Waals surface area contributed by atoms with Gasteiger partial charge in [0.05, 0.1) is 52.9 Å². The number of aliphatic hydroxyl groups is 2. The molecule has 1 rings (SSSR count). The van der Waals surface area contributed by atoms with Gasteiger partial charge >= 0.3 is 0 Å². The molecule has 714 valence electrons. The summed E-state index contributed by atoms with van der Waals surface area (Å²) < 4.78 is 64.6. The summed E-state index contributed by atoms with van der Waals surface area (Å²) in [6, 6.07) is -0.301. The van der Waals surface area contributed by atoms with Crippen LogP contribution in [0, 0.1) is 0 Å². The van der Waals surface area contributed by atoms with Gasteiger partial charge in [0, 0.05) is 6.04 Å². The van der Waals surface area contributed by atoms with Crippen molar-refractivity contribution < 1.29 is 48.1 Å². The molecule has 0 aromatic rings. The van der Waals surface area contributed by atoms with E-state index in [1.54, 1.807) is 0 Å². The first-order valence-electron chi connectivity index (χ1n) is 55.0. The average molecular weight is 1690 g/mol. The molecular weight excluding hydrogens is 1470 g/mol. The highest BCUT2D eigenvalue weighted by Gasteiger charge is 2.74. The monoisotopic (exact) mass is 1690 g/mol. The van der Waals surface area contributed by atoms with Crippen LogP contribution in [0.2, 0.25) is 0 Å². The predicted octanol–water partition coefficient (Wildman–Crippen LogP) is 34.8. The van der Waals surface area contributed by atoms with E-state index in [4.69, 9.17) is 37.9 Å². The van der Waals surface area contributed by atoms with Crippen molar-refractivity contribution in [1.82, 2.24) is 4.90 Å². The molecule has 0 aromatic carbocycles. The van der Waals surface area contributed by atoms with Gasteiger partial charge < -0.3 is 48.1 Å². The number of rotatable bonds is 103. The summed E-state index contributed by atoms with van der Waals surface area (Å²) in [5, 5.41) is 27.0. The summed E-state index contributed by atoms with van der Waals surface area (Å²) in [6.45, 7) is 20.3. The smallest absolute Gasteiger partial charge is 0.294 e. The highest BCUT2D eigenvalue weighted by molar-refractivity contribution is 5.04. The van der Waals surface area contributed by atoms with Crippen molar-refractivity contribution in [3.63, 3.8) is 0 Å². The van der Waals surface area contributed by atoms with E-state index >= 15 is 0 Å². The summed E-state index contributed by atoms with van der Waals surface area (Å²) in [5.41, 5.74) is 0. The first-order valence-corrected chi connectivity index (χ1v) is 55.0. The standard InChI is InChI=1S/C108H217NO10/c1-9-17-25-33-41-49-57-65-73-84-94-112-105(102-110,113-95-85-74-66-58-50-42-34-26-18-10-2)107(116-98-88-77-69-61-53-45-37-29-21-13-5,117-99-89-78-70-62-54-46-38-30-22-14-6)109(104-92-82-81-83-93-104)108(118-100-90-79-71-63-55-47-39-31-23-15-7,119-101-91-80-72-64-56-48-40-32-24-16-8)106(103-111,114-96-86-75-67-59-51-43-35-27-19-11-3)115-97-87-76-68-60-52-44-36-28-20-12-4/h104,110-111H,9-103H2,1-8H3. The van der Waals surface area contributed by atoms with Gasteiger partial charge in [0.25, 0.3) is 23.4 Å². The van der Waals surface area contributed by atoms with Gasteiger partial charge in [-0.2, -0.15) is 4.90 Å². The van der Waals surface area contributed by atoms with Gasteiger partial charge in [-0.15, -0.1) is 0 Å². The zero-order valence-electron chi connectivity index (χ0n) is 82.4. The Morgan fingerprint density at radius 2 is 0.303 bits per heavy atom. The molecule has 0 atom stereocenters. The molecule has 0 radical (unpaired) electrons. The molecule has 1 saturated carbocycles. The summed E-state index contributed by atoms with van der Waals surface area (Å²) in [7, 11) is 0. The molecule has 0 heterocycles. The van der Waals surface area contributed by atoms with E-state index in [2.05, 4.69) is 60.3 Å². The summed E-state index contributed by atoms with van der Waals surface area (Å²) in [6.07, 6.45) is 101. The van der Waals surface area contributed by atoms with Gasteiger partial charge in [0.1, 0.15) is 13.2 Å². The lowest BCUT2D eigenvalue weighted by Gasteiger charge is -2.62. The molecule has 0 aliphatic heterocycles. The highest BCUT2D eigenvalue weighted by atomic mass is 16.8.